The van der Waals surface area contributed by atoms with E-state index in [9.17, 15) is 8.42 Å². The maximum absolute atomic E-state index is 12.6. The van der Waals surface area contributed by atoms with Crippen LogP contribution in [0.4, 0.5) is 5.69 Å². The molecule has 0 aliphatic heterocycles. The van der Waals surface area contributed by atoms with Gasteiger partial charge in [-0.2, -0.15) is 0 Å². The predicted octanol–water partition coefficient (Wildman–Crippen LogP) is 4.07. The molecule has 0 bridgehead atoms. The zero-order valence-electron chi connectivity index (χ0n) is 13.7. The SMILES string of the molecule is Cc1nc(-c2ccc(S(=O)(=O)Nc3cccc(C)c3C)cc2)co1. The van der Waals surface area contributed by atoms with Gasteiger partial charge in [0.15, 0.2) is 5.89 Å². The summed E-state index contributed by atoms with van der Waals surface area (Å²) in [6, 6.07) is 12.1. The van der Waals surface area contributed by atoms with E-state index in [1.165, 1.54) is 0 Å². The van der Waals surface area contributed by atoms with Gasteiger partial charge in [0, 0.05) is 12.5 Å². The van der Waals surface area contributed by atoms with Crippen LogP contribution in [-0.4, -0.2) is 13.4 Å². The summed E-state index contributed by atoms with van der Waals surface area (Å²) in [5.41, 5.74) is 4.02. The number of rotatable bonds is 4. The predicted molar refractivity (Wildman–Crippen MR) is 93.4 cm³/mol. The van der Waals surface area contributed by atoms with Gasteiger partial charge in [-0.3, -0.25) is 4.72 Å². The van der Waals surface area contributed by atoms with E-state index in [-0.39, 0.29) is 4.90 Å². The van der Waals surface area contributed by atoms with Gasteiger partial charge in [0.05, 0.1) is 10.6 Å². The number of anilines is 1. The molecule has 124 valence electrons. The average Bonchev–Trinajstić information content (AvgIpc) is 2.98. The Labute approximate surface area is 141 Å². The van der Waals surface area contributed by atoms with Gasteiger partial charge in [0.1, 0.15) is 12.0 Å². The molecule has 0 saturated carbocycles. The van der Waals surface area contributed by atoms with Crippen molar-refractivity contribution in [3.8, 4) is 11.3 Å². The molecule has 5 nitrogen and oxygen atoms in total. The zero-order valence-corrected chi connectivity index (χ0v) is 14.5. The third-order valence-corrected chi connectivity index (χ3v) is 5.31. The summed E-state index contributed by atoms with van der Waals surface area (Å²) in [7, 11) is -3.64. The lowest BCUT2D eigenvalue weighted by Gasteiger charge is -2.12. The second-order valence-electron chi connectivity index (χ2n) is 5.63. The van der Waals surface area contributed by atoms with E-state index >= 15 is 0 Å². The molecule has 0 fully saturated rings. The molecule has 0 atom stereocenters. The number of hydrogen-bond acceptors (Lipinski definition) is 4. The standard InChI is InChI=1S/C18H18N2O3S/c1-12-5-4-6-17(13(12)2)20-24(21,22)16-9-7-15(8-10-16)18-11-23-14(3)19-18/h4-11,20H,1-3H3. The molecule has 0 aliphatic carbocycles. The number of oxazole rings is 1. The minimum atomic E-state index is -3.64. The van der Waals surface area contributed by atoms with Crippen LogP contribution in [0.15, 0.2) is 58.0 Å². The zero-order chi connectivity index (χ0) is 17.3. The number of benzene rings is 2. The average molecular weight is 342 g/mol. The van der Waals surface area contributed by atoms with Crippen molar-refractivity contribution in [1.82, 2.24) is 4.98 Å². The fourth-order valence-corrected chi connectivity index (χ4v) is 3.49. The second-order valence-corrected chi connectivity index (χ2v) is 7.31. The van der Waals surface area contributed by atoms with E-state index in [2.05, 4.69) is 9.71 Å². The van der Waals surface area contributed by atoms with Crippen LogP contribution in [0.25, 0.3) is 11.3 Å². The Balaban J connectivity index is 1.88. The molecular formula is C18H18N2O3S. The van der Waals surface area contributed by atoms with Gasteiger partial charge in [-0.25, -0.2) is 13.4 Å². The minimum Gasteiger partial charge on any atom is -0.449 e. The minimum absolute atomic E-state index is 0.201. The molecule has 0 amide bonds. The van der Waals surface area contributed by atoms with Crippen molar-refractivity contribution in [1.29, 1.82) is 0 Å². The first-order valence-electron chi connectivity index (χ1n) is 7.48. The Morgan fingerprint density at radius 1 is 1.00 bits per heavy atom. The smallest absolute Gasteiger partial charge is 0.261 e. The normalized spacial score (nSPS) is 11.5. The van der Waals surface area contributed by atoms with E-state index in [4.69, 9.17) is 4.42 Å². The van der Waals surface area contributed by atoms with Gasteiger partial charge in [0.25, 0.3) is 10.0 Å². The quantitative estimate of drug-likeness (QED) is 0.776. The largest absolute Gasteiger partial charge is 0.449 e. The number of hydrogen-bond donors (Lipinski definition) is 1. The van der Waals surface area contributed by atoms with Crippen molar-refractivity contribution in [3.05, 3.63) is 65.7 Å². The summed E-state index contributed by atoms with van der Waals surface area (Å²) in [6.07, 6.45) is 1.55. The highest BCUT2D eigenvalue weighted by molar-refractivity contribution is 7.92. The molecule has 0 saturated heterocycles. The van der Waals surface area contributed by atoms with Crippen molar-refractivity contribution in [2.24, 2.45) is 0 Å². The maximum atomic E-state index is 12.6. The molecule has 0 aliphatic rings. The first-order valence-corrected chi connectivity index (χ1v) is 8.97. The molecule has 2 aromatic carbocycles. The molecule has 0 unspecified atom stereocenters. The molecule has 1 aromatic heterocycles. The summed E-state index contributed by atoms with van der Waals surface area (Å²) in [5.74, 6) is 0.568. The Morgan fingerprint density at radius 3 is 2.33 bits per heavy atom. The van der Waals surface area contributed by atoms with Crippen molar-refractivity contribution < 1.29 is 12.8 Å². The van der Waals surface area contributed by atoms with Crippen LogP contribution in [0.1, 0.15) is 17.0 Å². The molecule has 0 radical (unpaired) electrons. The number of aryl methyl sites for hydroxylation is 2. The van der Waals surface area contributed by atoms with E-state index in [0.29, 0.717) is 17.3 Å². The highest BCUT2D eigenvalue weighted by Gasteiger charge is 2.16. The lowest BCUT2D eigenvalue weighted by molar-refractivity contribution is 0.521. The third-order valence-electron chi connectivity index (χ3n) is 3.93. The first kappa shape index (κ1) is 16.3. The third kappa shape index (κ3) is 3.19. The maximum Gasteiger partial charge on any atom is 0.261 e. The summed E-state index contributed by atoms with van der Waals surface area (Å²) >= 11 is 0. The summed E-state index contributed by atoms with van der Waals surface area (Å²) < 4.78 is 33.0. The molecule has 1 N–H and O–H groups in total. The van der Waals surface area contributed by atoms with Gasteiger partial charge in [0.2, 0.25) is 0 Å². The van der Waals surface area contributed by atoms with Gasteiger partial charge in [-0.1, -0.05) is 24.3 Å². The van der Waals surface area contributed by atoms with E-state index in [1.54, 1.807) is 43.5 Å². The van der Waals surface area contributed by atoms with E-state index < -0.39 is 10.0 Å². The van der Waals surface area contributed by atoms with Gasteiger partial charge in [-0.05, 0) is 43.2 Å². The number of sulfonamides is 1. The number of nitrogens with one attached hydrogen (secondary N) is 1. The van der Waals surface area contributed by atoms with E-state index in [1.807, 2.05) is 26.0 Å². The van der Waals surface area contributed by atoms with Crippen LogP contribution < -0.4 is 4.72 Å². The fraction of sp³-hybridized carbons (Fsp3) is 0.167. The number of aromatic nitrogens is 1. The van der Waals surface area contributed by atoms with Crippen molar-refractivity contribution in [3.63, 3.8) is 0 Å². The van der Waals surface area contributed by atoms with Crippen LogP contribution in [0.5, 0.6) is 0 Å². The molecule has 24 heavy (non-hydrogen) atoms. The lowest BCUT2D eigenvalue weighted by atomic mass is 10.1. The highest BCUT2D eigenvalue weighted by atomic mass is 32.2. The Morgan fingerprint density at radius 2 is 1.71 bits per heavy atom. The lowest BCUT2D eigenvalue weighted by Crippen LogP contribution is -2.14. The Kier molecular flexibility index (Phi) is 4.15. The highest BCUT2D eigenvalue weighted by Crippen LogP contribution is 2.24. The number of nitrogens with zero attached hydrogens (tertiary/aromatic N) is 1. The first-order chi connectivity index (χ1) is 11.4. The van der Waals surface area contributed by atoms with Crippen molar-refractivity contribution >= 4 is 15.7 Å². The monoisotopic (exact) mass is 342 g/mol. The fourth-order valence-electron chi connectivity index (χ4n) is 2.37. The van der Waals surface area contributed by atoms with Crippen molar-refractivity contribution in [2.75, 3.05) is 4.72 Å². The summed E-state index contributed by atoms with van der Waals surface area (Å²) in [6.45, 7) is 5.60. The molecule has 1 heterocycles. The topological polar surface area (TPSA) is 72.2 Å². The van der Waals surface area contributed by atoms with Crippen molar-refractivity contribution in [2.45, 2.75) is 25.7 Å². The molecule has 6 heteroatoms. The van der Waals surface area contributed by atoms with E-state index in [0.717, 1.165) is 16.7 Å². The second kappa shape index (κ2) is 6.13. The van der Waals surface area contributed by atoms with Crippen LogP contribution >= 0.6 is 0 Å². The summed E-state index contributed by atoms with van der Waals surface area (Å²) in [4.78, 5) is 4.43. The molecule has 3 aromatic rings. The molecule has 0 spiro atoms. The van der Waals surface area contributed by atoms with Crippen LogP contribution in [0, 0.1) is 20.8 Å². The van der Waals surface area contributed by atoms with Crippen LogP contribution in [0.3, 0.4) is 0 Å². The molecular weight excluding hydrogens is 324 g/mol. The summed E-state index contributed by atoms with van der Waals surface area (Å²) in [5, 5.41) is 0. The van der Waals surface area contributed by atoms with Crippen LogP contribution in [0.2, 0.25) is 0 Å². The van der Waals surface area contributed by atoms with Crippen LogP contribution in [-0.2, 0) is 10.0 Å². The van der Waals surface area contributed by atoms with Gasteiger partial charge < -0.3 is 4.42 Å². The Bertz CT molecular complexity index is 974. The van der Waals surface area contributed by atoms with Gasteiger partial charge in [-0.15, -0.1) is 0 Å². The Hall–Kier alpha value is -2.60. The molecule has 3 rings (SSSR count). The van der Waals surface area contributed by atoms with Gasteiger partial charge >= 0.3 is 0 Å².